The topological polar surface area (TPSA) is 66.1 Å². The number of carbonyl (C=O) groups excluding carboxylic acids is 2. The third kappa shape index (κ3) is 1.68. The van der Waals surface area contributed by atoms with Gasteiger partial charge in [-0.25, -0.2) is 4.90 Å². The molecule has 1 aromatic heterocycles. The first-order valence-electron chi connectivity index (χ1n) is 6.18. The molecule has 2 amide bonds. The van der Waals surface area contributed by atoms with Gasteiger partial charge in [0.15, 0.2) is 0 Å². The molecule has 101 valence electrons. The van der Waals surface area contributed by atoms with Crippen molar-refractivity contribution < 1.29 is 9.59 Å². The number of nitrogens with zero attached hydrogens (tertiary/aromatic N) is 2. The molecule has 21 heavy (non-hydrogen) atoms. The van der Waals surface area contributed by atoms with Crippen LogP contribution in [-0.4, -0.2) is 22.0 Å². The van der Waals surface area contributed by atoms with E-state index < -0.39 is 0 Å². The number of nitrogens with one attached hydrogen (secondary N) is 1. The lowest BCUT2D eigenvalue weighted by Crippen LogP contribution is -2.29. The summed E-state index contributed by atoms with van der Waals surface area (Å²) in [6.45, 7) is 0. The van der Waals surface area contributed by atoms with Gasteiger partial charge < -0.3 is 0 Å². The van der Waals surface area contributed by atoms with E-state index in [1.807, 2.05) is 0 Å². The SMILES string of the molecule is O=C1c2c[c]c(Cl)cc2C(=O)N1c1ccc2[nH]ncc2c1. The predicted molar refractivity (Wildman–Crippen MR) is 77.5 cm³/mol. The molecule has 1 aliphatic heterocycles. The summed E-state index contributed by atoms with van der Waals surface area (Å²) in [7, 11) is 0. The minimum absolute atomic E-state index is 0.302. The standard InChI is InChI=1S/C15H7ClN3O2/c16-9-1-3-11-12(6-9)15(21)19(14(11)20)10-2-4-13-8(5-10)7-17-18-13/h2-7H,(H,17,18). The predicted octanol–water partition coefficient (Wildman–Crippen LogP) is 2.82. The maximum Gasteiger partial charge on any atom is 0.266 e. The van der Waals surface area contributed by atoms with Crippen LogP contribution < -0.4 is 4.90 Å². The number of aromatic nitrogens is 2. The van der Waals surface area contributed by atoms with Crippen molar-refractivity contribution >= 4 is 40.0 Å². The molecule has 0 saturated carbocycles. The van der Waals surface area contributed by atoms with E-state index in [4.69, 9.17) is 11.6 Å². The average Bonchev–Trinajstić information content (AvgIpc) is 3.02. The number of benzene rings is 2. The number of carbonyl (C=O) groups is 2. The zero-order chi connectivity index (χ0) is 14.6. The minimum atomic E-state index is -0.381. The number of rotatable bonds is 1. The lowest BCUT2D eigenvalue weighted by atomic mass is 10.1. The van der Waals surface area contributed by atoms with Gasteiger partial charge in [0.1, 0.15) is 0 Å². The van der Waals surface area contributed by atoms with Crippen LogP contribution in [0.15, 0.2) is 36.5 Å². The van der Waals surface area contributed by atoms with E-state index in [1.54, 1.807) is 24.4 Å². The molecule has 0 bridgehead atoms. The van der Waals surface area contributed by atoms with Crippen molar-refractivity contribution in [1.82, 2.24) is 10.2 Å². The van der Waals surface area contributed by atoms with E-state index in [9.17, 15) is 9.59 Å². The number of fused-ring (bicyclic) bond motifs is 2. The van der Waals surface area contributed by atoms with Crippen LogP contribution in [0.3, 0.4) is 0 Å². The van der Waals surface area contributed by atoms with Crippen LogP contribution in [0.25, 0.3) is 10.9 Å². The summed E-state index contributed by atoms with van der Waals surface area (Å²) in [6.07, 6.45) is 1.64. The second-order valence-corrected chi connectivity index (χ2v) is 5.10. The Morgan fingerprint density at radius 2 is 1.95 bits per heavy atom. The Morgan fingerprint density at radius 3 is 2.81 bits per heavy atom. The first-order chi connectivity index (χ1) is 10.1. The molecule has 1 aliphatic rings. The van der Waals surface area contributed by atoms with Crippen LogP contribution in [-0.2, 0) is 0 Å². The second-order valence-electron chi connectivity index (χ2n) is 4.70. The molecule has 2 aromatic carbocycles. The smallest absolute Gasteiger partial charge is 0.266 e. The van der Waals surface area contributed by atoms with E-state index in [-0.39, 0.29) is 11.8 Å². The number of aromatic amines is 1. The summed E-state index contributed by atoms with van der Waals surface area (Å²) in [5.41, 5.74) is 1.96. The van der Waals surface area contributed by atoms with Gasteiger partial charge in [-0.05, 0) is 30.3 Å². The van der Waals surface area contributed by atoms with Gasteiger partial charge in [0, 0.05) is 16.5 Å². The summed E-state index contributed by atoms with van der Waals surface area (Å²) in [4.78, 5) is 26.0. The van der Waals surface area contributed by atoms with Crippen LogP contribution >= 0.6 is 11.6 Å². The van der Waals surface area contributed by atoms with Crippen molar-refractivity contribution in [3.05, 3.63) is 58.7 Å². The highest BCUT2D eigenvalue weighted by Crippen LogP contribution is 2.31. The molecule has 4 rings (SSSR count). The van der Waals surface area contributed by atoms with Gasteiger partial charge in [-0.1, -0.05) is 11.6 Å². The molecule has 3 aromatic rings. The first-order valence-corrected chi connectivity index (χ1v) is 6.56. The van der Waals surface area contributed by atoms with Gasteiger partial charge in [0.25, 0.3) is 11.8 Å². The molecule has 1 N–H and O–H groups in total. The van der Waals surface area contributed by atoms with Crippen molar-refractivity contribution in [2.45, 2.75) is 0 Å². The summed E-state index contributed by atoms with van der Waals surface area (Å²) in [5.74, 6) is -0.750. The third-order valence-corrected chi connectivity index (χ3v) is 3.68. The lowest BCUT2D eigenvalue weighted by Gasteiger charge is -2.13. The molecule has 5 nitrogen and oxygen atoms in total. The van der Waals surface area contributed by atoms with E-state index in [2.05, 4.69) is 16.3 Å². The van der Waals surface area contributed by atoms with E-state index in [0.29, 0.717) is 21.8 Å². The minimum Gasteiger partial charge on any atom is -0.278 e. The highest BCUT2D eigenvalue weighted by atomic mass is 35.5. The molecule has 0 atom stereocenters. The third-order valence-electron chi connectivity index (χ3n) is 3.46. The van der Waals surface area contributed by atoms with Gasteiger partial charge in [-0.15, -0.1) is 0 Å². The molecular formula is C15H7ClN3O2. The normalized spacial score (nSPS) is 14.0. The molecule has 0 spiro atoms. The number of imide groups is 1. The van der Waals surface area contributed by atoms with E-state index in [1.165, 1.54) is 12.1 Å². The summed E-state index contributed by atoms with van der Waals surface area (Å²) < 4.78 is 0. The highest BCUT2D eigenvalue weighted by Gasteiger charge is 2.36. The molecule has 0 fully saturated rings. The monoisotopic (exact) mass is 296 g/mol. The number of anilines is 1. The van der Waals surface area contributed by atoms with Crippen LogP contribution in [0, 0.1) is 6.07 Å². The Bertz CT molecular complexity index is 916. The summed E-state index contributed by atoms with van der Waals surface area (Å²) in [6, 6.07) is 10.9. The lowest BCUT2D eigenvalue weighted by molar-refractivity contribution is 0.0926. The number of hydrogen-bond donors (Lipinski definition) is 1. The Balaban J connectivity index is 1.86. The van der Waals surface area contributed by atoms with Gasteiger partial charge >= 0.3 is 0 Å². The van der Waals surface area contributed by atoms with Gasteiger partial charge in [-0.2, -0.15) is 5.10 Å². The molecule has 0 saturated heterocycles. The zero-order valence-electron chi connectivity index (χ0n) is 10.6. The van der Waals surface area contributed by atoms with Crippen LogP contribution in [0.5, 0.6) is 0 Å². The quantitative estimate of drug-likeness (QED) is 0.702. The number of halogens is 1. The van der Waals surface area contributed by atoms with Gasteiger partial charge in [-0.3, -0.25) is 14.7 Å². The number of hydrogen-bond acceptors (Lipinski definition) is 3. The molecule has 1 radical (unpaired) electrons. The maximum absolute atomic E-state index is 12.4. The molecule has 6 heteroatoms. The Hall–Kier alpha value is -2.66. The largest absolute Gasteiger partial charge is 0.278 e. The number of H-pyrrole nitrogens is 1. The van der Waals surface area contributed by atoms with Crippen LogP contribution in [0.2, 0.25) is 5.02 Å². The van der Waals surface area contributed by atoms with Crippen molar-refractivity contribution in [2.75, 3.05) is 4.90 Å². The summed E-state index contributed by atoms with van der Waals surface area (Å²) in [5, 5.41) is 7.88. The van der Waals surface area contributed by atoms with Gasteiger partial charge in [0.2, 0.25) is 0 Å². The Labute approximate surface area is 124 Å². The molecule has 0 aliphatic carbocycles. The van der Waals surface area contributed by atoms with Crippen molar-refractivity contribution in [2.24, 2.45) is 0 Å². The van der Waals surface area contributed by atoms with Crippen molar-refractivity contribution in [3.63, 3.8) is 0 Å². The first kappa shape index (κ1) is 12.1. The van der Waals surface area contributed by atoms with Crippen molar-refractivity contribution in [1.29, 1.82) is 0 Å². The van der Waals surface area contributed by atoms with E-state index in [0.717, 1.165) is 15.8 Å². The highest BCUT2D eigenvalue weighted by molar-refractivity contribution is 6.36. The molecule has 0 unspecified atom stereocenters. The fourth-order valence-corrected chi connectivity index (χ4v) is 2.62. The number of amides is 2. The van der Waals surface area contributed by atoms with Crippen molar-refractivity contribution in [3.8, 4) is 0 Å². The van der Waals surface area contributed by atoms with E-state index >= 15 is 0 Å². The fraction of sp³-hybridized carbons (Fsp3) is 0. The Morgan fingerprint density at radius 1 is 1.14 bits per heavy atom. The van der Waals surface area contributed by atoms with Crippen LogP contribution in [0.1, 0.15) is 20.7 Å². The molecule has 2 heterocycles. The molecular weight excluding hydrogens is 290 g/mol. The Kier molecular flexibility index (Phi) is 2.40. The summed E-state index contributed by atoms with van der Waals surface area (Å²) >= 11 is 5.84. The maximum atomic E-state index is 12.4. The van der Waals surface area contributed by atoms with Crippen LogP contribution in [0.4, 0.5) is 5.69 Å². The second kappa shape index (κ2) is 4.17. The average molecular weight is 297 g/mol. The fourth-order valence-electron chi connectivity index (χ4n) is 2.46. The van der Waals surface area contributed by atoms with Gasteiger partial charge in [0.05, 0.1) is 28.5 Å². The zero-order valence-corrected chi connectivity index (χ0v) is 11.3.